The van der Waals surface area contributed by atoms with Crippen LogP contribution >= 0.6 is 0 Å². The predicted octanol–water partition coefficient (Wildman–Crippen LogP) is 2.22. The molecule has 2 rings (SSSR count). The van der Waals surface area contributed by atoms with Gasteiger partial charge in [-0.15, -0.1) is 0 Å². The van der Waals surface area contributed by atoms with Crippen molar-refractivity contribution in [2.24, 2.45) is 0 Å². The van der Waals surface area contributed by atoms with Crippen LogP contribution in [0.1, 0.15) is 41.6 Å². The molecule has 0 aliphatic carbocycles. The summed E-state index contributed by atoms with van der Waals surface area (Å²) in [4.78, 5) is 22.5. The van der Waals surface area contributed by atoms with Crippen molar-refractivity contribution >= 4 is 17.3 Å². The fraction of sp³-hybridized carbons (Fsp3) is 0.286. The van der Waals surface area contributed by atoms with Gasteiger partial charge >= 0.3 is 0 Å². The number of carbonyl (C=O) groups is 1. The third kappa shape index (κ3) is 3.22. The summed E-state index contributed by atoms with van der Waals surface area (Å²) in [6.45, 7) is 4.01. The predicted molar refractivity (Wildman–Crippen MR) is 79.3 cm³/mol. The van der Waals surface area contributed by atoms with E-state index in [9.17, 15) is 14.9 Å². The molecule has 22 heavy (non-hydrogen) atoms. The van der Waals surface area contributed by atoms with Crippen LogP contribution in [0.3, 0.4) is 0 Å². The van der Waals surface area contributed by atoms with Crippen molar-refractivity contribution in [2.45, 2.75) is 26.3 Å². The van der Waals surface area contributed by atoms with Gasteiger partial charge in [0.2, 0.25) is 0 Å². The molecule has 0 fully saturated rings. The Kier molecular flexibility index (Phi) is 4.40. The Labute approximate surface area is 126 Å². The molecule has 1 heterocycles. The van der Waals surface area contributed by atoms with Crippen LogP contribution in [0.4, 0.5) is 11.4 Å². The fourth-order valence-corrected chi connectivity index (χ4v) is 1.90. The third-order valence-corrected chi connectivity index (χ3v) is 3.09. The Morgan fingerprint density at radius 2 is 2.23 bits per heavy atom. The number of aromatic nitrogens is 1. The molecule has 3 N–H and O–H groups in total. The molecule has 0 spiro atoms. The Hall–Kier alpha value is -2.90. The molecule has 0 saturated carbocycles. The number of hydrogen-bond donors (Lipinski definition) is 2. The highest BCUT2D eigenvalue weighted by atomic mass is 16.6. The number of hydrogen-bond acceptors (Lipinski definition) is 6. The average molecular weight is 304 g/mol. The van der Waals surface area contributed by atoms with Gasteiger partial charge in [0.1, 0.15) is 5.56 Å². The number of nitro benzene ring substituents is 1. The number of nitrogens with one attached hydrogen (secondary N) is 1. The van der Waals surface area contributed by atoms with Crippen LogP contribution in [0, 0.1) is 10.1 Å². The number of nitrogens with zero attached hydrogens (tertiary/aromatic N) is 2. The quantitative estimate of drug-likeness (QED) is 0.495. The van der Waals surface area contributed by atoms with Crippen LogP contribution in [0.2, 0.25) is 0 Å². The van der Waals surface area contributed by atoms with E-state index in [0.29, 0.717) is 5.76 Å². The maximum atomic E-state index is 12.1. The zero-order valence-corrected chi connectivity index (χ0v) is 12.2. The van der Waals surface area contributed by atoms with E-state index in [4.69, 9.17) is 10.3 Å². The molecular weight excluding hydrogens is 288 g/mol. The highest BCUT2D eigenvalue weighted by Gasteiger charge is 2.23. The summed E-state index contributed by atoms with van der Waals surface area (Å²) in [6, 6.07) is 5.83. The molecule has 0 saturated heterocycles. The lowest BCUT2D eigenvalue weighted by molar-refractivity contribution is -0.385. The van der Waals surface area contributed by atoms with Crippen molar-refractivity contribution < 1.29 is 14.2 Å². The monoisotopic (exact) mass is 304 g/mol. The minimum absolute atomic E-state index is 0.0483. The number of nitro groups is 1. The maximum Gasteiger partial charge on any atom is 0.284 e. The SMILES string of the molecule is CC(C)c1cc(CNC(=O)c2c(N)cccc2[N+](=O)[O-])on1. The van der Waals surface area contributed by atoms with Crippen LogP contribution < -0.4 is 11.1 Å². The first-order valence-electron chi connectivity index (χ1n) is 6.66. The summed E-state index contributed by atoms with van der Waals surface area (Å²) in [5.74, 6) is 0.0422. The van der Waals surface area contributed by atoms with E-state index in [-0.39, 0.29) is 29.4 Å². The molecule has 116 valence electrons. The number of amides is 1. The lowest BCUT2D eigenvalue weighted by atomic mass is 10.1. The van der Waals surface area contributed by atoms with E-state index in [1.54, 1.807) is 6.07 Å². The summed E-state index contributed by atoms with van der Waals surface area (Å²) < 4.78 is 5.09. The Balaban J connectivity index is 2.14. The van der Waals surface area contributed by atoms with E-state index in [1.807, 2.05) is 13.8 Å². The molecule has 0 atom stereocenters. The first kappa shape index (κ1) is 15.5. The number of carbonyl (C=O) groups excluding carboxylic acids is 1. The lowest BCUT2D eigenvalue weighted by Crippen LogP contribution is -2.24. The summed E-state index contributed by atoms with van der Waals surface area (Å²) >= 11 is 0. The molecule has 2 aromatic rings. The molecule has 0 unspecified atom stereocenters. The third-order valence-electron chi connectivity index (χ3n) is 3.09. The van der Waals surface area contributed by atoms with Gasteiger partial charge in [0, 0.05) is 12.1 Å². The van der Waals surface area contributed by atoms with Crippen molar-refractivity contribution in [1.29, 1.82) is 0 Å². The van der Waals surface area contributed by atoms with Gasteiger partial charge in [-0.25, -0.2) is 0 Å². The molecule has 1 aromatic carbocycles. The summed E-state index contributed by atoms with van der Waals surface area (Å²) in [5, 5.41) is 17.4. The van der Waals surface area contributed by atoms with E-state index in [2.05, 4.69) is 10.5 Å². The molecule has 0 aliphatic rings. The number of nitrogen functional groups attached to an aromatic ring is 1. The average Bonchev–Trinajstić information content (AvgIpc) is 2.93. The molecule has 0 aliphatic heterocycles. The highest BCUT2D eigenvalue weighted by molar-refractivity contribution is 6.02. The fourth-order valence-electron chi connectivity index (χ4n) is 1.90. The normalized spacial score (nSPS) is 10.7. The number of anilines is 1. The minimum Gasteiger partial charge on any atom is -0.398 e. The summed E-state index contributed by atoms with van der Waals surface area (Å²) in [6.07, 6.45) is 0. The van der Waals surface area contributed by atoms with Gasteiger partial charge in [0.15, 0.2) is 5.76 Å². The van der Waals surface area contributed by atoms with E-state index in [0.717, 1.165) is 5.69 Å². The lowest BCUT2D eigenvalue weighted by Gasteiger charge is -2.06. The first-order valence-corrected chi connectivity index (χ1v) is 6.66. The highest BCUT2D eigenvalue weighted by Crippen LogP contribution is 2.24. The van der Waals surface area contributed by atoms with Crippen LogP contribution in [0.15, 0.2) is 28.8 Å². The van der Waals surface area contributed by atoms with Crippen LogP contribution in [0.5, 0.6) is 0 Å². The largest absolute Gasteiger partial charge is 0.398 e. The van der Waals surface area contributed by atoms with Gasteiger partial charge in [-0.2, -0.15) is 0 Å². The zero-order valence-electron chi connectivity index (χ0n) is 12.2. The van der Waals surface area contributed by atoms with Gasteiger partial charge in [-0.1, -0.05) is 25.1 Å². The van der Waals surface area contributed by atoms with Crippen LogP contribution in [0.25, 0.3) is 0 Å². The van der Waals surface area contributed by atoms with Crippen molar-refractivity contribution in [3.63, 3.8) is 0 Å². The van der Waals surface area contributed by atoms with Gasteiger partial charge in [0.25, 0.3) is 11.6 Å². The van der Waals surface area contributed by atoms with Gasteiger partial charge in [0.05, 0.1) is 22.8 Å². The molecular formula is C14H16N4O4. The molecule has 1 amide bonds. The second kappa shape index (κ2) is 6.25. The maximum absolute atomic E-state index is 12.1. The molecule has 0 bridgehead atoms. The van der Waals surface area contributed by atoms with Gasteiger partial charge in [-0.3, -0.25) is 14.9 Å². The number of nitrogens with two attached hydrogens (primary N) is 1. The Morgan fingerprint density at radius 3 is 2.82 bits per heavy atom. The van der Waals surface area contributed by atoms with Crippen molar-refractivity contribution in [1.82, 2.24) is 10.5 Å². The minimum atomic E-state index is -0.642. The Morgan fingerprint density at radius 1 is 1.50 bits per heavy atom. The summed E-state index contributed by atoms with van der Waals surface area (Å²) in [7, 11) is 0. The van der Waals surface area contributed by atoms with Gasteiger partial charge in [-0.05, 0) is 12.0 Å². The zero-order chi connectivity index (χ0) is 16.3. The van der Waals surface area contributed by atoms with Crippen molar-refractivity contribution in [2.75, 3.05) is 5.73 Å². The van der Waals surface area contributed by atoms with E-state index >= 15 is 0 Å². The van der Waals surface area contributed by atoms with Crippen molar-refractivity contribution in [3.8, 4) is 0 Å². The molecule has 0 radical (unpaired) electrons. The van der Waals surface area contributed by atoms with E-state index in [1.165, 1.54) is 18.2 Å². The topological polar surface area (TPSA) is 124 Å². The smallest absolute Gasteiger partial charge is 0.284 e. The van der Waals surface area contributed by atoms with E-state index < -0.39 is 10.8 Å². The number of rotatable bonds is 5. The molecule has 8 heteroatoms. The first-order chi connectivity index (χ1) is 10.4. The summed E-state index contributed by atoms with van der Waals surface area (Å²) in [5.41, 5.74) is 6.00. The Bertz CT molecular complexity index is 709. The van der Waals surface area contributed by atoms with Gasteiger partial charge < -0.3 is 15.6 Å². The second-order valence-corrected chi connectivity index (χ2v) is 5.05. The molecule has 1 aromatic heterocycles. The standard InChI is InChI=1S/C14H16N4O4/c1-8(2)11-6-9(22-17-11)7-16-14(19)13-10(15)4-3-5-12(13)18(20)21/h3-6,8H,7,15H2,1-2H3,(H,16,19). The second-order valence-electron chi connectivity index (χ2n) is 5.05. The number of benzene rings is 1. The van der Waals surface area contributed by atoms with Crippen LogP contribution in [-0.4, -0.2) is 16.0 Å². The molecule has 8 nitrogen and oxygen atoms in total. The van der Waals surface area contributed by atoms with Crippen LogP contribution in [-0.2, 0) is 6.54 Å². The van der Waals surface area contributed by atoms with Crippen molar-refractivity contribution in [3.05, 3.63) is 51.4 Å².